The van der Waals surface area contributed by atoms with Crippen molar-refractivity contribution in [2.45, 2.75) is 12.8 Å². The molecule has 0 aliphatic heterocycles. The van der Waals surface area contributed by atoms with Crippen molar-refractivity contribution in [1.29, 1.82) is 0 Å². The molecule has 22 heavy (non-hydrogen) atoms. The Balaban J connectivity index is 1.61. The van der Waals surface area contributed by atoms with E-state index in [0.29, 0.717) is 17.1 Å². The van der Waals surface area contributed by atoms with Crippen molar-refractivity contribution in [3.63, 3.8) is 0 Å². The van der Waals surface area contributed by atoms with E-state index in [2.05, 4.69) is 15.6 Å². The van der Waals surface area contributed by atoms with Gasteiger partial charge in [-0.05, 0) is 49.2 Å². The van der Waals surface area contributed by atoms with Gasteiger partial charge in [0.25, 0.3) is 5.91 Å². The van der Waals surface area contributed by atoms with Crippen molar-refractivity contribution in [2.24, 2.45) is 5.92 Å². The minimum Gasteiger partial charge on any atom is -0.324 e. The minimum absolute atomic E-state index is 0.00453. The summed E-state index contributed by atoms with van der Waals surface area (Å²) in [5, 5.41) is 5.37. The summed E-state index contributed by atoms with van der Waals surface area (Å²) in [7, 11) is 0. The average Bonchev–Trinajstić information content (AvgIpc) is 3.34. The Bertz CT molecular complexity index is 694. The fraction of sp³-hybridized carbons (Fsp3) is 0.188. The number of rotatable bonds is 4. The van der Waals surface area contributed by atoms with Crippen LogP contribution in [0.5, 0.6) is 0 Å². The van der Waals surface area contributed by atoms with Crippen molar-refractivity contribution in [3.8, 4) is 0 Å². The Morgan fingerprint density at radius 1 is 1.05 bits per heavy atom. The highest BCUT2D eigenvalue weighted by Gasteiger charge is 2.29. The van der Waals surface area contributed by atoms with Crippen LogP contribution < -0.4 is 10.6 Å². The van der Waals surface area contributed by atoms with Crippen molar-refractivity contribution in [3.05, 3.63) is 54.0 Å². The van der Waals surface area contributed by atoms with E-state index >= 15 is 0 Å². The van der Waals surface area contributed by atoms with E-state index < -0.39 is 5.82 Å². The molecule has 6 heteroatoms. The van der Waals surface area contributed by atoms with Gasteiger partial charge < -0.3 is 10.6 Å². The van der Waals surface area contributed by atoms with Gasteiger partial charge in [-0.3, -0.25) is 9.59 Å². The summed E-state index contributed by atoms with van der Waals surface area (Å²) >= 11 is 0. The molecule has 1 fully saturated rings. The van der Waals surface area contributed by atoms with Gasteiger partial charge >= 0.3 is 0 Å². The number of benzene rings is 1. The number of nitrogens with one attached hydrogen (secondary N) is 2. The smallest absolute Gasteiger partial charge is 0.256 e. The molecule has 5 nitrogen and oxygen atoms in total. The maximum absolute atomic E-state index is 12.8. The van der Waals surface area contributed by atoms with Gasteiger partial charge in [0, 0.05) is 11.5 Å². The SMILES string of the molecule is O=C(Nc1ccc(NC(=O)C2CC2)cn1)c1ccc(F)cc1. The lowest BCUT2D eigenvalue weighted by Gasteiger charge is -2.07. The van der Waals surface area contributed by atoms with E-state index in [1.54, 1.807) is 12.1 Å². The van der Waals surface area contributed by atoms with Gasteiger partial charge in [0.2, 0.25) is 5.91 Å². The number of anilines is 2. The van der Waals surface area contributed by atoms with E-state index in [1.165, 1.54) is 30.5 Å². The molecule has 0 unspecified atom stereocenters. The molecule has 1 aromatic heterocycles. The summed E-state index contributed by atoms with van der Waals surface area (Å²) < 4.78 is 12.8. The molecule has 0 spiro atoms. The van der Waals surface area contributed by atoms with Crippen LogP contribution >= 0.6 is 0 Å². The van der Waals surface area contributed by atoms with Gasteiger partial charge in [-0.15, -0.1) is 0 Å². The van der Waals surface area contributed by atoms with Crippen LogP contribution in [0.15, 0.2) is 42.6 Å². The molecule has 1 saturated carbocycles. The van der Waals surface area contributed by atoms with Crippen LogP contribution in [-0.2, 0) is 4.79 Å². The Labute approximate surface area is 126 Å². The molecule has 0 bridgehead atoms. The Morgan fingerprint density at radius 2 is 1.77 bits per heavy atom. The summed E-state index contributed by atoms with van der Waals surface area (Å²) in [6.45, 7) is 0. The lowest BCUT2D eigenvalue weighted by molar-refractivity contribution is -0.117. The van der Waals surface area contributed by atoms with Gasteiger partial charge in [-0.25, -0.2) is 9.37 Å². The van der Waals surface area contributed by atoms with E-state index in [1.807, 2.05) is 0 Å². The zero-order chi connectivity index (χ0) is 15.5. The maximum atomic E-state index is 12.8. The third-order valence-corrected chi connectivity index (χ3v) is 3.33. The van der Waals surface area contributed by atoms with Crippen LogP contribution in [0.1, 0.15) is 23.2 Å². The molecule has 112 valence electrons. The number of hydrogen-bond donors (Lipinski definition) is 2. The average molecular weight is 299 g/mol. The molecule has 1 heterocycles. The normalized spacial score (nSPS) is 13.5. The molecular formula is C16H14FN3O2. The first kappa shape index (κ1) is 14.2. The van der Waals surface area contributed by atoms with Crippen molar-refractivity contribution >= 4 is 23.3 Å². The molecule has 1 aliphatic carbocycles. The zero-order valence-corrected chi connectivity index (χ0v) is 11.7. The first-order valence-corrected chi connectivity index (χ1v) is 6.95. The van der Waals surface area contributed by atoms with Crippen molar-refractivity contribution < 1.29 is 14.0 Å². The first-order chi connectivity index (χ1) is 10.6. The van der Waals surface area contributed by atoms with Crippen LogP contribution in [0, 0.1) is 11.7 Å². The van der Waals surface area contributed by atoms with E-state index in [9.17, 15) is 14.0 Å². The molecule has 1 aliphatic rings. The van der Waals surface area contributed by atoms with Gasteiger partial charge in [-0.1, -0.05) is 0 Å². The van der Waals surface area contributed by atoms with Crippen molar-refractivity contribution in [1.82, 2.24) is 4.98 Å². The largest absolute Gasteiger partial charge is 0.324 e. The highest BCUT2D eigenvalue weighted by atomic mass is 19.1. The number of carbonyl (C=O) groups is 2. The monoisotopic (exact) mass is 299 g/mol. The van der Waals surface area contributed by atoms with E-state index in [-0.39, 0.29) is 17.7 Å². The lowest BCUT2D eigenvalue weighted by atomic mass is 10.2. The number of aromatic nitrogens is 1. The van der Waals surface area contributed by atoms with Crippen LogP contribution in [-0.4, -0.2) is 16.8 Å². The van der Waals surface area contributed by atoms with Crippen LogP contribution in [0.4, 0.5) is 15.9 Å². The van der Waals surface area contributed by atoms with Gasteiger partial charge in [-0.2, -0.15) is 0 Å². The summed E-state index contributed by atoms with van der Waals surface area (Å²) in [4.78, 5) is 27.6. The number of pyridine rings is 1. The summed E-state index contributed by atoms with van der Waals surface area (Å²) in [6, 6.07) is 8.51. The molecule has 2 N–H and O–H groups in total. The fourth-order valence-electron chi connectivity index (χ4n) is 1.92. The predicted octanol–water partition coefficient (Wildman–Crippen LogP) is 2.82. The molecule has 1 aromatic carbocycles. The zero-order valence-electron chi connectivity index (χ0n) is 11.7. The quantitative estimate of drug-likeness (QED) is 0.912. The molecule has 0 atom stereocenters. The third kappa shape index (κ3) is 3.46. The molecule has 3 rings (SSSR count). The van der Waals surface area contributed by atoms with Crippen LogP contribution in [0.3, 0.4) is 0 Å². The predicted molar refractivity (Wildman–Crippen MR) is 79.9 cm³/mol. The highest BCUT2D eigenvalue weighted by molar-refractivity contribution is 6.03. The van der Waals surface area contributed by atoms with Crippen LogP contribution in [0.25, 0.3) is 0 Å². The topological polar surface area (TPSA) is 71.1 Å². The fourth-order valence-corrected chi connectivity index (χ4v) is 1.92. The lowest BCUT2D eigenvalue weighted by Crippen LogP contribution is -2.15. The number of amides is 2. The Kier molecular flexibility index (Phi) is 3.82. The number of hydrogen-bond acceptors (Lipinski definition) is 3. The summed E-state index contributed by atoms with van der Waals surface area (Å²) in [6.07, 6.45) is 3.36. The summed E-state index contributed by atoms with van der Waals surface area (Å²) in [5.41, 5.74) is 0.936. The number of nitrogens with zero attached hydrogens (tertiary/aromatic N) is 1. The summed E-state index contributed by atoms with van der Waals surface area (Å²) in [5.74, 6) is -0.283. The van der Waals surface area contributed by atoms with Gasteiger partial charge in [0.15, 0.2) is 0 Å². The second-order valence-corrected chi connectivity index (χ2v) is 5.16. The van der Waals surface area contributed by atoms with E-state index in [4.69, 9.17) is 0 Å². The molecule has 2 amide bonds. The van der Waals surface area contributed by atoms with Crippen LogP contribution in [0.2, 0.25) is 0 Å². The van der Waals surface area contributed by atoms with Gasteiger partial charge in [0.1, 0.15) is 11.6 Å². The molecule has 0 saturated heterocycles. The highest BCUT2D eigenvalue weighted by Crippen LogP contribution is 2.30. The first-order valence-electron chi connectivity index (χ1n) is 6.95. The van der Waals surface area contributed by atoms with Crippen molar-refractivity contribution in [2.75, 3.05) is 10.6 Å². The second kappa shape index (κ2) is 5.93. The number of carbonyl (C=O) groups excluding carboxylic acids is 2. The van der Waals surface area contributed by atoms with Gasteiger partial charge in [0.05, 0.1) is 11.9 Å². The third-order valence-electron chi connectivity index (χ3n) is 3.33. The van der Waals surface area contributed by atoms with E-state index in [0.717, 1.165) is 12.8 Å². The number of halogens is 1. The second-order valence-electron chi connectivity index (χ2n) is 5.16. The molecule has 0 radical (unpaired) electrons. The Hall–Kier alpha value is -2.76. The maximum Gasteiger partial charge on any atom is 0.256 e. The molecular weight excluding hydrogens is 285 g/mol. The minimum atomic E-state index is -0.398. The molecule has 2 aromatic rings. The standard InChI is InChI=1S/C16H14FN3O2/c17-12-5-3-11(4-6-12)16(22)20-14-8-7-13(9-18-14)19-15(21)10-1-2-10/h3-10H,1-2H2,(H,19,21)(H,18,20,22). The Morgan fingerprint density at radius 3 is 2.36 bits per heavy atom.